The quantitative estimate of drug-likeness (QED) is 0.603. The number of ether oxygens (including phenoxy) is 1. The standard InChI is InChI=1S/C25H39BN4O5/c1-8-10-21(28-14-16(3)30(17(4)15-28)24(32)35-25(5,6)7)22-27-20-12-11-18(26(33)34)13-19(20)23(31)29(22)9-2/h11-13,16-17,21,33-34H,8-10,14-15H2,1-7H3/t16-,17+,21-/m1/s1. The fourth-order valence-electron chi connectivity index (χ4n) is 5.02. The molecule has 0 radical (unpaired) electrons. The summed E-state index contributed by atoms with van der Waals surface area (Å²) in [6.07, 6.45) is 1.42. The SMILES string of the molecule is CCC[C@H](c1nc2ccc(B(O)O)cc2c(=O)n1CC)N1C[C@@H](C)N(C(=O)OC(C)(C)C)[C@@H](C)C1. The lowest BCUT2D eigenvalue weighted by Gasteiger charge is -2.47. The Bertz CT molecular complexity index is 1100. The van der Waals surface area contributed by atoms with Gasteiger partial charge in [0.15, 0.2) is 0 Å². The van der Waals surface area contributed by atoms with Gasteiger partial charge in [-0.15, -0.1) is 0 Å². The first-order chi connectivity index (χ1) is 16.4. The lowest BCUT2D eigenvalue weighted by atomic mass is 9.80. The maximum absolute atomic E-state index is 13.4. The molecule has 2 aromatic rings. The van der Waals surface area contributed by atoms with Crippen LogP contribution in [-0.2, 0) is 11.3 Å². The van der Waals surface area contributed by atoms with E-state index in [9.17, 15) is 19.6 Å². The largest absolute Gasteiger partial charge is 0.488 e. The lowest BCUT2D eigenvalue weighted by molar-refractivity contribution is -0.0247. The molecule has 35 heavy (non-hydrogen) atoms. The highest BCUT2D eigenvalue weighted by Crippen LogP contribution is 2.30. The Kier molecular flexibility index (Phi) is 8.29. The Balaban J connectivity index is 1.99. The van der Waals surface area contributed by atoms with E-state index in [4.69, 9.17) is 9.72 Å². The van der Waals surface area contributed by atoms with Crippen molar-refractivity contribution >= 4 is 29.6 Å². The molecule has 3 atom stereocenters. The number of fused-ring (bicyclic) bond motifs is 1. The number of piperazine rings is 1. The molecule has 1 aromatic heterocycles. The predicted octanol–water partition coefficient (Wildman–Crippen LogP) is 2.27. The van der Waals surface area contributed by atoms with E-state index in [-0.39, 0.29) is 35.2 Å². The molecule has 1 aliphatic rings. The van der Waals surface area contributed by atoms with Crippen molar-refractivity contribution in [2.75, 3.05) is 13.1 Å². The van der Waals surface area contributed by atoms with Crippen molar-refractivity contribution in [1.29, 1.82) is 0 Å². The summed E-state index contributed by atoms with van der Waals surface area (Å²) >= 11 is 0. The molecule has 0 aliphatic carbocycles. The molecule has 1 fully saturated rings. The number of benzene rings is 1. The maximum Gasteiger partial charge on any atom is 0.488 e. The van der Waals surface area contributed by atoms with Crippen LogP contribution in [0.2, 0.25) is 0 Å². The van der Waals surface area contributed by atoms with E-state index in [1.807, 2.05) is 46.4 Å². The molecule has 3 rings (SSSR count). The third kappa shape index (κ3) is 5.87. The lowest BCUT2D eigenvalue weighted by Crippen LogP contribution is -2.60. The summed E-state index contributed by atoms with van der Waals surface area (Å²) < 4.78 is 7.33. The number of carbonyl (C=O) groups is 1. The molecule has 0 bridgehead atoms. The van der Waals surface area contributed by atoms with Crippen LogP contribution in [0.5, 0.6) is 0 Å². The van der Waals surface area contributed by atoms with Crippen molar-refractivity contribution in [3.63, 3.8) is 0 Å². The van der Waals surface area contributed by atoms with Gasteiger partial charge >= 0.3 is 13.2 Å². The fourth-order valence-corrected chi connectivity index (χ4v) is 5.02. The first-order valence-electron chi connectivity index (χ1n) is 12.5. The smallest absolute Gasteiger partial charge is 0.444 e. The molecule has 2 N–H and O–H groups in total. The molecule has 0 spiro atoms. The minimum absolute atomic E-state index is 0.0659. The van der Waals surface area contributed by atoms with Crippen LogP contribution in [-0.4, -0.2) is 73.4 Å². The molecule has 1 aliphatic heterocycles. The fraction of sp³-hybridized carbons (Fsp3) is 0.640. The second-order valence-electron chi connectivity index (χ2n) is 10.5. The molecule has 2 heterocycles. The monoisotopic (exact) mass is 486 g/mol. The number of nitrogens with zero attached hydrogens (tertiary/aromatic N) is 4. The van der Waals surface area contributed by atoms with Crippen LogP contribution in [0, 0.1) is 0 Å². The first kappa shape index (κ1) is 27.2. The summed E-state index contributed by atoms with van der Waals surface area (Å²) in [5.74, 6) is 0.703. The molecule has 1 amide bonds. The Morgan fingerprint density at radius 1 is 1.20 bits per heavy atom. The van der Waals surface area contributed by atoms with Crippen LogP contribution in [0.1, 0.15) is 73.2 Å². The highest BCUT2D eigenvalue weighted by atomic mass is 16.6. The van der Waals surface area contributed by atoms with E-state index in [0.717, 1.165) is 12.8 Å². The van der Waals surface area contributed by atoms with Gasteiger partial charge in [0.25, 0.3) is 5.56 Å². The summed E-state index contributed by atoms with van der Waals surface area (Å²) in [7, 11) is -1.65. The number of rotatable bonds is 6. The average Bonchev–Trinajstić information content (AvgIpc) is 2.75. The Hall–Kier alpha value is -2.43. The number of amides is 1. The van der Waals surface area contributed by atoms with E-state index in [0.29, 0.717) is 36.4 Å². The minimum Gasteiger partial charge on any atom is -0.444 e. The number of hydrogen-bond donors (Lipinski definition) is 2. The Morgan fingerprint density at radius 2 is 1.83 bits per heavy atom. The van der Waals surface area contributed by atoms with E-state index >= 15 is 0 Å². The van der Waals surface area contributed by atoms with Gasteiger partial charge < -0.3 is 19.7 Å². The zero-order valence-electron chi connectivity index (χ0n) is 22.0. The first-order valence-corrected chi connectivity index (χ1v) is 12.5. The number of aromatic nitrogens is 2. The molecule has 0 unspecified atom stereocenters. The van der Waals surface area contributed by atoms with Gasteiger partial charge in [-0.3, -0.25) is 14.3 Å². The molecular weight excluding hydrogens is 447 g/mol. The van der Waals surface area contributed by atoms with Crippen LogP contribution in [0.15, 0.2) is 23.0 Å². The summed E-state index contributed by atoms with van der Waals surface area (Å²) in [5.41, 5.74) is 0.0485. The zero-order valence-corrected chi connectivity index (χ0v) is 22.0. The third-order valence-corrected chi connectivity index (χ3v) is 6.47. The van der Waals surface area contributed by atoms with E-state index < -0.39 is 12.7 Å². The van der Waals surface area contributed by atoms with Gasteiger partial charge in [0, 0.05) is 31.7 Å². The third-order valence-electron chi connectivity index (χ3n) is 6.47. The second-order valence-corrected chi connectivity index (χ2v) is 10.5. The van der Waals surface area contributed by atoms with Crippen molar-refractivity contribution in [3.8, 4) is 0 Å². The summed E-state index contributed by atoms with van der Waals surface area (Å²) in [5, 5.41) is 19.4. The summed E-state index contributed by atoms with van der Waals surface area (Å²) in [6, 6.07) is 4.53. The molecule has 9 nitrogen and oxygen atoms in total. The van der Waals surface area contributed by atoms with Crippen molar-refractivity contribution in [3.05, 3.63) is 34.4 Å². The average molecular weight is 486 g/mol. The van der Waals surface area contributed by atoms with Crippen molar-refractivity contribution in [1.82, 2.24) is 19.4 Å². The molecule has 10 heteroatoms. The second kappa shape index (κ2) is 10.7. The van der Waals surface area contributed by atoms with Crippen molar-refractivity contribution < 1.29 is 19.6 Å². The maximum atomic E-state index is 13.4. The van der Waals surface area contributed by atoms with Gasteiger partial charge in [-0.2, -0.15) is 0 Å². The van der Waals surface area contributed by atoms with Gasteiger partial charge in [-0.05, 0) is 65.6 Å². The zero-order chi connectivity index (χ0) is 26.1. The van der Waals surface area contributed by atoms with Crippen LogP contribution in [0.4, 0.5) is 4.79 Å². The van der Waals surface area contributed by atoms with Crippen LogP contribution in [0.3, 0.4) is 0 Å². The highest BCUT2D eigenvalue weighted by Gasteiger charge is 2.39. The van der Waals surface area contributed by atoms with Gasteiger partial charge in [0.2, 0.25) is 0 Å². The molecule has 192 valence electrons. The van der Waals surface area contributed by atoms with E-state index in [2.05, 4.69) is 11.8 Å². The molecule has 0 saturated carbocycles. The van der Waals surface area contributed by atoms with Gasteiger partial charge in [-0.1, -0.05) is 19.4 Å². The van der Waals surface area contributed by atoms with Crippen LogP contribution in [0.25, 0.3) is 10.9 Å². The van der Waals surface area contributed by atoms with Gasteiger partial charge in [0.1, 0.15) is 11.4 Å². The molecular formula is C25H39BN4O5. The van der Waals surface area contributed by atoms with Gasteiger partial charge in [-0.25, -0.2) is 9.78 Å². The van der Waals surface area contributed by atoms with Crippen molar-refractivity contribution in [2.24, 2.45) is 0 Å². The number of carbonyl (C=O) groups excluding carboxylic acids is 1. The molecule has 1 aromatic carbocycles. The van der Waals surface area contributed by atoms with Crippen LogP contribution < -0.4 is 11.0 Å². The topological polar surface area (TPSA) is 108 Å². The highest BCUT2D eigenvalue weighted by molar-refractivity contribution is 6.58. The van der Waals surface area contributed by atoms with E-state index in [1.54, 1.807) is 16.7 Å². The molecule has 1 saturated heterocycles. The minimum atomic E-state index is -1.65. The Morgan fingerprint density at radius 3 is 2.34 bits per heavy atom. The predicted molar refractivity (Wildman–Crippen MR) is 138 cm³/mol. The van der Waals surface area contributed by atoms with Crippen molar-refractivity contribution in [2.45, 2.75) is 91.6 Å². The summed E-state index contributed by atoms with van der Waals surface area (Å²) in [4.78, 5) is 35.3. The summed E-state index contributed by atoms with van der Waals surface area (Å²) in [6.45, 7) is 15.4. The number of hydrogen-bond acceptors (Lipinski definition) is 7. The van der Waals surface area contributed by atoms with Gasteiger partial charge in [0.05, 0.1) is 16.9 Å². The van der Waals surface area contributed by atoms with E-state index in [1.165, 1.54) is 6.07 Å². The normalized spacial score (nSPS) is 20.2. The van der Waals surface area contributed by atoms with Crippen LogP contribution >= 0.6 is 0 Å². The Labute approximate surface area is 207 Å².